The number of anilines is 1. The Morgan fingerprint density at radius 2 is 1.75 bits per heavy atom. The lowest BCUT2D eigenvalue weighted by Gasteiger charge is -2.16. The summed E-state index contributed by atoms with van der Waals surface area (Å²) in [7, 11) is -0.461. The maximum atomic E-state index is 12.6. The smallest absolute Gasteiger partial charge is 0.234 e. The first-order valence-electron chi connectivity index (χ1n) is 11.5. The minimum Gasteiger partial charge on any atom is -0.494 e. The summed E-state index contributed by atoms with van der Waals surface area (Å²) in [6.45, 7) is 2.34. The van der Waals surface area contributed by atoms with Crippen molar-refractivity contribution in [3.05, 3.63) is 42.6 Å². The number of nitrogens with one attached hydrogen (secondary N) is 1. The van der Waals surface area contributed by atoms with Crippen molar-refractivity contribution in [2.45, 2.75) is 19.8 Å². The number of rotatable bonds is 10. The van der Waals surface area contributed by atoms with Crippen LogP contribution in [0.1, 0.15) is 19.8 Å². The van der Waals surface area contributed by atoms with Crippen LogP contribution in [0.2, 0.25) is 0 Å². The zero-order valence-electron chi connectivity index (χ0n) is 20.1. The standard InChI is InChI=1S/C24H26N6O5S/c1-4-35-20-10-5-7-16(26-20)23-28-22-24(30(23)21-17(33-2)8-6-9-18(21)34-3)27-19(13-25-22)29-36(31,32)14-15-11-12-15/h5-10,13,15H,4,11-12,14H2,1-3H3,(H,27,29). The molecule has 1 aliphatic rings. The molecule has 12 heteroatoms. The van der Waals surface area contributed by atoms with Gasteiger partial charge in [0.2, 0.25) is 15.9 Å². The molecule has 1 aromatic carbocycles. The highest BCUT2D eigenvalue weighted by atomic mass is 32.2. The van der Waals surface area contributed by atoms with Crippen LogP contribution < -0.4 is 18.9 Å². The summed E-state index contributed by atoms with van der Waals surface area (Å²) in [6, 6.07) is 10.7. The highest BCUT2D eigenvalue weighted by Gasteiger charge is 2.29. The van der Waals surface area contributed by atoms with Gasteiger partial charge in [-0.3, -0.25) is 9.29 Å². The topological polar surface area (TPSA) is 130 Å². The Balaban J connectivity index is 1.73. The van der Waals surface area contributed by atoms with E-state index in [9.17, 15) is 8.42 Å². The van der Waals surface area contributed by atoms with E-state index < -0.39 is 10.0 Å². The van der Waals surface area contributed by atoms with Gasteiger partial charge in [0.25, 0.3) is 0 Å². The van der Waals surface area contributed by atoms with E-state index in [4.69, 9.17) is 19.2 Å². The molecule has 0 saturated heterocycles. The monoisotopic (exact) mass is 510 g/mol. The second-order valence-electron chi connectivity index (χ2n) is 8.31. The third-order valence-electron chi connectivity index (χ3n) is 5.65. The molecule has 0 unspecified atom stereocenters. The van der Waals surface area contributed by atoms with Crippen LogP contribution in [0.25, 0.3) is 28.5 Å². The summed E-state index contributed by atoms with van der Waals surface area (Å²) >= 11 is 0. The molecular weight excluding hydrogens is 484 g/mol. The predicted octanol–water partition coefficient (Wildman–Crippen LogP) is 3.45. The van der Waals surface area contributed by atoms with Gasteiger partial charge in [0.05, 0.1) is 32.8 Å². The number of para-hydroxylation sites is 1. The van der Waals surface area contributed by atoms with E-state index in [1.807, 2.05) is 13.0 Å². The molecule has 11 nitrogen and oxygen atoms in total. The molecule has 1 saturated carbocycles. The van der Waals surface area contributed by atoms with Gasteiger partial charge in [-0.25, -0.2) is 28.4 Å². The maximum Gasteiger partial charge on any atom is 0.234 e. The largest absolute Gasteiger partial charge is 0.494 e. The Morgan fingerprint density at radius 1 is 1.03 bits per heavy atom. The Kier molecular flexibility index (Phi) is 6.35. The molecule has 1 aliphatic carbocycles. The van der Waals surface area contributed by atoms with Crippen LogP contribution in [-0.2, 0) is 10.0 Å². The summed E-state index contributed by atoms with van der Waals surface area (Å²) in [5.41, 5.74) is 1.63. The van der Waals surface area contributed by atoms with Crippen molar-refractivity contribution in [1.82, 2.24) is 24.5 Å². The second kappa shape index (κ2) is 9.61. The van der Waals surface area contributed by atoms with E-state index in [0.717, 1.165) is 12.8 Å². The van der Waals surface area contributed by atoms with Crippen LogP contribution in [0.3, 0.4) is 0 Å². The molecule has 3 heterocycles. The quantitative estimate of drug-likeness (QED) is 0.341. The van der Waals surface area contributed by atoms with Gasteiger partial charge in [0, 0.05) is 6.07 Å². The minimum atomic E-state index is -3.56. The van der Waals surface area contributed by atoms with Gasteiger partial charge in [0.1, 0.15) is 22.9 Å². The van der Waals surface area contributed by atoms with E-state index in [2.05, 4.69) is 19.7 Å². The number of pyridine rings is 1. The number of methoxy groups -OCH3 is 2. The Hall–Kier alpha value is -3.93. The molecule has 0 radical (unpaired) electrons. The van der Waals surface area contributed by atoms with Crippen molar-refractivity contribution in [2.24, 2.45) is 5.92 Å². The first-order chi connectivity index (χ1) is 17.4. The molecule has 4 aromatic rings. The SMILES string of the molecule is CCOc1cccc(-c2nc3ncc(NS(=O)(=O)CC4CC4)nc3n2-c2c(OC)cccc2OC)n1. The van der Waals surface area contributed by atoms with E-state index in [1.54, 1.807) is 49.1 Å². The summed E-state index contributed by atoms with van der Waals surface area (Å²) in [5, 5.41) is 0. The molecule has 0 atom stereocenters. The van der Waals surface area contributed by atoms with Crippen LogP contribution in [0, 0.1) is 5.92 Å². The molecule has 0 bridgehead atoms. The van der Waals surface area contributed by atoms with Crippen LogP contribution in [0.15, 0.2) is 42.6 Å². The minimum absolute atomic E-state index is 0.0612. The summed E-state index contributed by atoms with van der Waals surface area (Å²) in [5.74, 6) is 2.20. The Morgan fingerprint density at radius 3 is 2.42 bits per heavy atom. The third kappa shape index (κ3) is 4.76. The van der Waals surface area contributed by atoms with E-state index >= 15 is 0 Å². The van der Waals surface area contributed by atoms with Crippen LogP contribution in [0.5, 0.6) is 17.4 Å². The fourth-order valence-corrected chi connectivity index (χ4v) is 5.35. The number of benzene rings is 1. The van der Waals surface area contributed by atoms with Crippen molar-refractivity contribution in [3.8, 4) is 34.6 Å². The predicted molar refractivity (Wildman–Crippen MR) is 134 cm³/mol. The Labute approximate surface area is 208 Å². The lowest BCUT2D eigenvalue weighted by Crippen LogP contribution is -2.19. The van der Waals surface area contributed by atoms with Crippen LogP contribution in [0.4, 0.5) is 5.82 Å². The highest BCUT2D eigenvalue weighted by Crippen LogP contribution is 2.38. The van der Waals surface area contributed by atoms with Gasteiger partial charge >= 0.3 is 0 Å². The number of nitrogens with zero attached hydrogens (tertiary/aromatic N) is 5. The second-order valence-corrected chi connectivity index (χ2v) is 10.1. The number of fused-ring (bicyclic) bond motifs is 1. The average molecular weight is 511 g/mol. The van der Waals surface area contributed by atoms with E-state index in [-0.39, 0.29) is 17.5 Å². The zero-order chi connectivity index (χ0) is 25.3. The molecule has 3 aromatic heterocycles. The fourth-order valence-electron chi connectivity index (χ4n) is 3.90. The molecule has 0 aliphatic heterocycles. The van der Waals surface area contributed by atoms with E-state index in [1.165, 1.54) is 6.20 Å². The lowest BCUT2D eigenvalue weighted by molar-refractivity contribution is 0.327. The molecule has 1 N–H and O–H groups in total. The normalized spacial score (nSPS) is 13.5. The average Bonchev–Trinajstić information content (AvgIpc) is 3.59. The van der Waals surface area contributed by atoms with Crippen molar-refractivity contribution in [1.29, 1.82) is 0 Å². The molecule has 1 fully saturated rings. The lowest BCUT2D eigenvalue weighted by atomic mass is 10.2. The first-order valence-corrected chi connectivity index (χ1v) is 13.1. The summed E-state index contributed by atoms with van der Waals surface area (Å²) < 4.78 is 46.3. The molecule has 188 valence electrons. The maximum absolute atomic E-state index is 12.6. The number of imidazole rings is 1. The number of ether oxygens (including phenoxy) is 3. The number of hydrogen-bond donors (Lipinski definition) is 1. The molecule has 5 rings (SSSR count). The molecule has 0 amide bonds. The van der Waals surface area contributed by atoms with Gasteiger partial charge < -0.3 is 14.2 Å². The van der Waals surface area contributed by atoms with Crippen molar-refractivity contribution in [2.75, 3.05) is 31.3 Å². The van der Waals surface area contributed by atoms with Gasteiger partial charge in [-0.05, 0) is 43.9 Å². The van der Waals surface area contributed by atoms with Crippen molar-refractivity contribution < 1.29 is 22.6 Å². The molecular formula is C24H26N6O5S. The summed E-state index contributed by atoms with van der Waals surface area (Å²) in [6.07, 6.45) is 3.20. The Bertz CT molecular complexity index is 1490. The number of hydrogen-bond acceptors (Lipinski definition) is 9. The fraction of sp³-hybridized carbons (Fsp3) is 0.333. The van der Waals surface area contributed by atoms with Crippen molar-refractivity contribution in [3.63, 3.8) is 0 Å². The van der Waals surface area contributed by atoms with Crippen LogP contribution in [-0.4, -0.2) is 59.5 Å². The zero-order valence-corrected chi connectivity index (χ0v) is 20.9. The third-order valence-corrected chi connectivity index (χ3v) is 7.08. The molecule has 36 heavy (non-hydrogen) atoms. The van der Waals surface area contributed by atoms with Gasteiger partial charge in [-0.15, -0.1) is 0 Å². The molecule has 0 spiro atoms. The first kappa shape index (κ1) is 23.8. The van der Waals surface area contributed by atoms with Gasteiger partial charge in [0.15, 0.2) is 22.9 Å². The number of sulfonamides is 1. The number of aromatic nitrogens is 5. The summed E-state index contributed by atoms with van der Waals surface area (Å²) in [4.78, 5) is 18.3. The van der Waals surface area contributed by atoms with E-state index in [0.29, 0.717) is 52.5 Å². The van der Waals surface area contributed by atoms with Gasteiger partial charge in [-0.1, -0.05) is 12.1 Å². The highest BCUT2D eigenvalue weighted by molar-refractivity contribution is 7.92. The van der Waals surface area contributed by atoms with Crippen LogP contribution >= 0.6 is 0 Å². The van der Waals surface area contributed by atoms with Crippen molar-refractivity contribution >= 4 is 27.1 Å². The van der Waals surface area contributed by atoms with Gasteiger partial charge in [-0.2, -0.15) is 0 Å².